The van der Waals surface area contributed by atoms with Crippen LogP contribution < -0.4 is 0 Å². The molecule has 70 valence electrons. The van der Waals surface area contributed by atoms with E-state index in [2.05, 4.69) is 41.3 Å². The maximum Gasteiger partial charge on any atom is 0.321 e. The molecule has 0 fully saturated rings. The van der Waals surface area contributed by atoms with Crippen LogP contribution in [0.15, 0.2) is 0 Å². The van der Waals surface area contributed by atoms with Gasteiger partial charge in [0.05, 0.1) is 14.2 Å². The molecule has 6 heteroatoms. The van der Waals surface area contributed by atoms with Gasteiger partial charge in [0.2, 0.25) is 0 Å². The first-order chi connectivity index (χ1) is 5.54. The van der Waals surface area contributed by atoms with Crippen molar-refractivity contribution in [2.75, 3.05) is 14.2 Å². The van der Waals surface area contributed by atoms with Crippen LogP contribution in [0, 0.1) is 0 Å². The molecule has 4 nitrogen and oxygen atoms in total. The summed E-state index contributed by atoms with van der Waals surface area (Å²) in [7, 11) is 2.49. The van der Waals surface area contributed by atoms with Crippen molar-refractivity contribution in [3.05, 3.63) is 0 Å². The maximum absolute atomic E-state index is 10.9. The molecule has 0 aromatic heterocycles. The summed E-state index contributed by atoms with van der Waals surface area (Å²) in [5, 5.41) is 0. The summed E-state index contributed by atoms with van der Waals surface area (Å²) in [6, 6.07) is 0. The average molecular weight is 304 g/mol. The van der Waals surface area contributed by atoms with E-state index < -0.39 is 21.6 Å². The summed E-state index contributed by atoms with van der Waals surface area (Å²) in [6.45, 7) is 0. The summed E-state index contributed by atoms with van der Waals surface area (Å²) in [4.78, 5) is 20.3. The molecule has 0 spiro atoms. The lowest BCUT2D eigenvalue weighted by atomic mass is 10.3. The number of hydrogen-bond acceptors (Lipinski definition) is 4. The smallest absolute Gasteiger partial charge is 0.321 e. The highest BCUT2D eigenvalue weighted by molar-refractivity contribution is 9.12. The van der Waals surface area contributed by atoms with Gasteiger partial charge in [0.25, 0.3) is 0 Å². The van der Waals surface area contributed by atoms with Crippen LogP contribution in [-0.4, -0.2) is 35.8 Å². The molecule has 0 N–H and O–H groups in total. The molecule has 0 saturated carbocycles. The number of hydrogen-bond donors (Lipinski definition) is 0. The van der Waals surface area contributed by atoms with E-state index in [9.17, 15) is 9.59 Å². The number of alkyl halides is 2. The van der Waals surface area contributed by atoms with E-state index in [0.717, 1.165) is 0 Å². The second-order valence-electron chi connectivity index (χ2n) is 1.85. The topological polar surface area (TPSA) is 52.6 Å². The SMILES string of the molecule is COC(=O)[C@H](Br)[C@@H](Br)C(=O)OC. The summed E-state index contributed by atoms with van der Waals surface area (Å²) in [6.07, 6.45) is 0. The first-order valence-electron chi connectivity index (χ1n) is 2.98. The van der Waals surface area contributed by atoms with Crippen LogP contribution >= 0.6 is 31.9 Å². The van der Waals surface area contributed by atoms with E-state index in [1.165, 1.54) is 14.2 Å². The Morgan fingerprint density at radius 2 is 1.25 bits per heavy atom. The Balaban J connectivity index is 4.18. The highest BCUT2D eigenvalue weighted by Gasteiger charge is 2.30. The van der Waals surface area contributed by atoms with E-state index in [-0.39, 0.29) is 0 Å². The van der Waals surface area contributed by atoms with Crippen LogP contribution in [0.4, 0.5) is 0 Å². The van der Waals surface area contributed by atoms with Gasteiger partial charge in [0.1, 0.15) is 9.65 Å². The van der Waals surface area contributed by atoms with Gasteiger partial charge in [-0.15, -0.1) is 0 Å². The molecule has 2 atom stereocenters. The number of carbonyl (C=O) groups excluding carboxylic acids is 2. The van der Waals surface area contributed by atoms with Gasteiger partial charge >= 0.3 is 11.9 Å². The number of halogens is 2. The van der Waals surface area contributed by atoms with Crippen molar-refractivity contribution in [2.45, 2.75) is 9.65 Å². The van der Waals surface area contributed by atoms with Crippen LogP contribution in [0.3, 0.4) is 0 Å². The van der Waals surface area contributed by atoms with E-state index in [0.29, 0.717) is 0 Å². The Bertz CT molecular complexity index is 162. The Hall–Kier alpha value is -0.100. The van der Waals surface area contributed by atoms with Gasteiger partial charge in [0, 0.05) is 0 Å². The second-order valence-corrected chi connectivity index (χ2v) is 3.82. The molecule has 0 heterocycles. The molecule has 0 radical (unpaired) electrons. The molecule has 0 saturated heterocycles. The third-order valence-electron chi connectivity index (χ3n) is 1.11. The molecule has 0 rings (SSSR count). The van der Waals surface area contributed by atoms with Gasteiger partial charge in [-0.3, -0.25) is 9.59 Å². The quantitative estimate of drug-likeness (QED) is 0.573. The van der Waals surface area contributed by atoms with E-state index in [1.54, 1.807) is 0 Å². The lowest BCUT2D eigenvalue weighted by molar-refractivity contribution is -0.145. The van der Waals surface area contributed by atoms with Crippen LogP contribution in [-0.2, 0) is 19.1 Å². The highest BCUT2D eigenvalue weighted by Crippen LogP contribution is 2.16. The first kappa shape index (κ1) is 11.9. The lowest BCUT2D eigenvalue weighted by Crippen LogP contribution is -2.32. The number of ether oxygens (including phenoxy) is 2. The summed E-state index contributed by atoms with van der Waals surface area (Å²) < 4.78 is 8.81. The van der Waals surface area contributed by atoms with Crippen molar-refractivity contribution in [1.82, 2.24) is 0 Å². The monoisotopic (exact) mass is 302 g/mol. The minimum absolute atomic E-state index is 0.526. The molecule has 0 bridgehead atoms. The number of esters is 2. The molecule has 0 amide bonds. The van der Waals surface area contributed by atoms with Gasteiger partial charge in [-0.2, -0.15) is 0 Å². The van der Waals surface area contributed by atoms with Gasteiger partial charge in [-0.1, -0.05) is 31.9 Å². The fourth-order valence-corrected chi connectivity index (χ4v) is 1.27. The van der Waals surface area contributed by atoms with Crippen molar-refractivity contribution in [3.8, 4) is 0 Å². The van der Waals surface area contributed by atoms with Crippen molar-refractivity contribution < 1.29 is 19.1 Å². The van der Waals surface area contributed by atoms with Gasteiger partial charge in [-0.05, 0) is 0 Å². The van der Waals surface area contributed by atoms with E-state index in [1.807, 2.05) is 0 Å². The van der Waals surface area contributed by atoms with Crippen LogP contribution in [0.1, 0.15) is 0 Å². The minimum atomic E-state index is -0.727. The lowest BCUT2D eigenvalue weighted by Gasteiger charge is -2.11. The molecular formula is C6H8Br2O4. The number of methoxy groups -OCH3 is 2. The average Bonchev–Trinajstić information content (AvgIpc) is 2.12. The van der Waals surface area contributed by atoms with Crippen LogP contribution in [0.2, 0.25) is 0 Å². The standard InChI is InChI=1S/C6H8Br2O4/c1-11-5(9)3(7)4(8)6(10)12-2/h3-4H,1-2H3/t3-,4-/m1/s1. The zero-order valence-corrected chi connectivity index (χ0v) is 9.72. The maximum atomic E-state index is 10.9. The summed E-state index contributed by atoms with van der Waals surface area (Å²) in [5.74, 6) is -1.05. The normalized spacial score (nSPS) is 14.7. The van der Waals surface area contributed by atoms with Crippen molar-refractivity contribution >= 4 is 43.8 Å². The molecular weight excluding hydrogens is 296 g/mol. The predicted molar refractivity (Wildman–Crippen MR) is 49.5 cm³/mol. The second kappa shape index (κ2) is 5.53. The fraction of sp³-hybridized carbons (Fsp3) is 0.667. The predicted octanol–water partition coefficient (Wildman–Crippen LogP) is 0.859. The molecule has 0 unspecified atom stereocenters. The summed E-state index contributed by atoms with van der Waals surface area (Å²) in [5.41, 5.74) is 0. The number of rotatable bonds is 3. The fourth-order valence-electron chi connectivity index (χ4n) is 0.464. The highest BCUT2D eigenvalue weighted by atomic mass is 79.9. The van der Waals surface area contributed by atoms with Crippen molar-refractivity contribution in [3.63, 3.8) is 0 Å². The minimum Gasteiger partial charge on any atom is -0.468 e. The van der Waals surface area contributed by atoms with Crippen LogP contribution in [0.5, 0.6) is 0 Å². The Labute approximate surface area is 86.8 Å². The van der Waals surface area contributed by atoms with Gasteiger partial charge in [-0.25, -0.2) is 0 Å². The Morgan fingerprint density at radius 1 is 1.00 bits per heavy atom. The third kappa shape index (κ3) is 3.10. The van der Waals surface area contributed by atoms with E-state index >= 15 is 0 Å². The molecule has 0 aromatic carbocycles. The molecule has 0 aliphatic rings. The molecule has 0 aliphatic carbocycles. The number of carbonyl (C=O) groups is 2. The zero-order valence-electron chi connectivity index (χ0n) is 6.54. The van der Waals surface area contributed by atoms with Crippen molar-refractivity contribution in [2.24, 2.45) is 0 Å². The molecule has 12 heavy (non-hydrogen) atoms. The van der Waals surface area contributed by atoms with Crippen LogP contribution in [0.25, 0.3) is 0 Å². The van der Waals surface area contributed by atoms with Gasteiger partial charge < -0.3 is 9.47 Å². The largest absolute Gasteiger partial charge is 0.468 e. The van der Waals surface area contributed by atoms with E-state index in [4.69, 9.17) is 0 Å². The Morgan fingerprint density at radius 3 is 1.42 bits per heavy atom. The molecule has 0 aromatic rings. The van der Waals surface area contributed by atoms with Gasteiger partial charge in [0.15, 0.2) is 0 Å². The Kier molecular flexibility index (Phi) is 5.48. The molecule has 0 aliphatic heterocycles. The van der Waals surface area contributed by atoms with Crippen molar-refractivity contribution in [1.29, 1.82) is 0 Å². The first-order valence-corrected chi connectivity index (χ1v) is 4.81. The zero-order chi connectivity index (χ0) is 9.72. The third-order valence-corrected chi connectivity index (χ3v) is 3.62. The summed E-state index contributed by atoms with van der Waals surface area (Å²) >= 11 is 5.98.